The summed E-state index contributed by atoms with van der Waals surface area (Å²) in [6, 6.07) is 0. The van der Waals surface area contributed by atoms with E-state index >= 15 is 0 Å². The Morgan fingerprint density at radius 2 is 2.06 bits per heavy atom. The van der Waals surface area contributed by atoms with Gasteiger partial charge in [0.1, 0.15) is 0 Å². The third-order valence-corrected chi connectivity index (χ3v) is 5.23. The average molecular weight is 288 g/mol. The molecule has 0 radical (unpaired) electrons. The normalized spacial score (nSPS) is 11.0. The molecule has 0 bridgehead atoms. The minimum atomic E-state index is 0.704. The van der Waals surface area contributed by atoms with Crippen molar-refractivity contribution >= 4 is 34.3 Å². The van der Waals surface area contributed by atoms with Gasteiger partial charge in [0.25, 0.3) is 0 Å². The molecule has 0 spiro atoms. The van der Waals surface area contributed by atoms with E-state index in [2.05, 4.69) is 28.9 Å². The van der Waals surface area contributed by atoms with Gasteiger partial charge in [-0.15, -0.1) is 22.9 Å². The number of nitrogens with zero attached hydrogens (tertiary/aromatic N) is 2. The molecule has 0 aliphatic carbocycles. The first-order valence-electron chi connectivity index (χ1n) is 5.63. The van der Waals surface area contributed by atoms with Gasteiger partial charge in [0.2, 0.25) is 5.51 Å². The molecule has 2 heterocycles. The van der Waals surface area contributed by atoms with Crippen LogP contribution in [0.5, 0.6) is 0 Å². The molecule has 2 rings (SSSR count). The molecule has 0 fully saturated rings. The zero-order chi connectivity index (χ0) is 12.3. The van der Waals surface area contributed by atoms with Crippen LogP contribution in [0.4, 0.5) is 0 Å². The van der Waals surface area contributed by atoms with Crippen molar-refractivity contribution < 1.29 is 4.57 Å². The van der Waals surface area contributed by atoms with Crippen molar-refractivity contribution in [3.05, 3.63) is 32.2 Å². The Labute approximate surface area is 115 Å². The zero-order valence-corrected chi connectivity index (χ0v) is 12.5. The minimum Gasteiger partial charge on any atom is -0.250 e. The summed E-state index contributed by atoms with van der Waals surface area (Å²) in [5.41, 5.74) is 6.66. The van der Waals surface area contributed by atoms with Crippen LogP contribution in [0.2, 0.25) is 0 Å². The second-order valence-corrected chi connectivity index (χ2v) is 6.23. The summed E-state index contributed by atoms with van der Waals surface area (Å²) in [6.07, 6.45) is 2.05. The number of hydrogen-bond acceptors (Lipinski definition) is 3. The molecule has 0 amide bonds. The highest BCUT2D eigenvalue weighted by Gasteiger charge is 2.15. The van der Waals surface area contributed by atoms with Crippen LogP contribution >= 0.6 is 34.3 Å². The lowest BCUT2D eigenvalue weighted by Gasteiger charge is -1.96. The van der Waals surface area contributed by atoms with Crippen molar-refractivity contribution in [2.75, 3.05) is 5.88 Å². The number of rotatable bonds is 5. The van der Waals surface area contributed by atoms with Crippen molar-refractivity contribution in [2.45, 2.75) is 33.2 Å². The summed E-state index contributed by atoms with van der Waals surface area (Å²) in [5, 5.41) is 0. The molecule has 17 heavy (non-hydrogen) atoms. The van der Waals surface area contributed by atoms with Crippen molar-refractivity contribution in [2.24, 2.45) is 0 Å². The lowest BCUT2D eigenvalue weighted by Crippen LogP contribution is -2.35. The molecular formula is C12H16ClN2S2+. The number of alkyl halides is 1. The third kappa shape index (κ3) is 3.06. The first kappa shape index (κ1) is 13.0. The Kier molecular flexibility index (Phi) is 4.54. The fourth-order valence-electron chi connectivity index (χ4n) is 1.79. The van der Waals surface area contributed by atoms with Crippen molar-refractivity contribution in [3.63, 3.8) is 0 Å². The van der Waals surface area contributed by atoms with Gasteiger partial charge in [0.05, 0.1) is 16.1 Å². The smallest absolute Gasteiger partial charge is 0.225 e. The number of hydrogen-bond donors (Lipinski definition) is 0. The van der Waals surface area contributed by atoms with E-state index in [9.17, 15) is 0 Å². The highest BCUT2D eigenvalue weighted by molar-refractivity contribution is 7.09. The van der Waals surface area contributed by atoms with Gasteiger partial charge in [-0.3, -0.25) is 0 Å². The molecule has 0 atom stereocenters. The molecule has 0 aliphatic heterocycles. The Morgan fingerprint density at radius 1 is 1.24 bits per heavy atom. The Balaban J connectivity index is 2.02. The van der Waals surface area contributed by atoms with Crippen LogP contribution in [0.15, 0.2) is 11.0 Å². The largest absolute Gasteiger partial charge is 0.250 e. The second kappa shape index (κ2) is 5.94. The fourth-order valence-corrected chi connectivity index (χ4v) is 3.88. The molecule has 0 unspecified atom stereocenters. The summed E-state index contributed by atoms with van der Waals surface area (Å²) in [4.78, 5) is 7.07. The van der Waals surface area contributed by atoms with Gasteiger partial charge < -0.3 is 0 Å². The molecule has 0 aliphatic rings. The SMILES string of the molecule is Cc1ncsc1CC[n+]1csc(CCCl)c1C. The lowest BCUT2D eigenvalue weighted by molar-refractivity contribution is -0.697. The monoisotopic (exact) mass is 287 g/mol. The summed E-state index contributed by atoms with van der Waals surface area (Å²) in [6.45, 7) is 5.29. The molecule has 0 aromatic carbocycles. The Morgan fingerprint density at radius 3 is 2.71 bits per heavy atom. The van der Waals surface area contributed by atoms with Gasteiger partial charge in [-0.25, -0.2) is 4.98 Å². The van der Waals surface area contributed by atoms with E-state index in [1.165, 1.54) is 21.1 Å². The van der Waals surface area contributed by atoms with Gasteiger partial charge in [-0.1, -0.05) is 11.3 Å². The standard InChI is InChI=1S/C12H16ClN2S2/c1-9-11(16-7-14-9)4-6-15-8-17-12(3-5-13)10(15)2/h7-8H,3-6H2,1-2H3/q+1. The molecule has 0 N–H and O–H groups in total. The van der Waals surface area contributed by atoms with Crippen LogP contribution in [-0.4, -0.2) is 10.9 Å². The summed E-state index contributed by atoms with van der Waals surface area (Å²) >= 11 is 9.35. The molecule has 0 saturated carbocycles. The van der Waals surface area contributed by atoms with Crippen LogP contribution in [0.3, 0.4) is 0 Å². The van der Waals surface area contributed by atoms with Crippen LogP contribution in [0.1, 0.15) is 21.1 Å². The summed E-state index contributed by atoms with van der Waals surface area (Å²) in [7, 11) is 0. The van der Waals surface area contributed by atoms with Gasteiger partial charge in [-0.2, -0.15) is 4.57 Å². The average Bonchev–Trinajstić information content (AvgIpc) is 2.86. The molecule has 92 valence electrons. The van der Waals surface area contributed by atoms with Crippen LogP contribution in [-0.2, 0) is 19.4 Å². The van der Waals surface area contributed by atoms with E-state index in [4.69, 9.17) is 11.6 Å². The topological polar surface area (TPSA) is 16.8 Å². The predicted molar refractivity (Wildman–Crippen MR) is 74.2 cm³/mol. The van der Waals surface area contributed by atoms with E-state index in [0.717, 1.165) is 19.4 Å². The van der Waals surface area contributed by atoms with E-state index in [0.29, 0.717) is 5.88 Å². The van der Waals surface area contributed by atoms with Crippen molar-refractivity contribution in [1.29, 1.82) is 0 Å². The van der Waals surface area contributed by atoms with Gasteiger partial charge >= 0.3 is 0 Å². The lowest BCUT2D eigenvalue weighted by atomic mass is 10.3. The maximum absolute atomic E-state index is 5.79. The number of aromatic nitrogens is 2. The first-order valence-corrected chi connectivity index (χ1v) is 7.93. The Bertz CT molecular complexity index is 490. The van der Waals surface area contributed by atoms with E-state index in [1.807, 2.05) is 16.8 Å². The van der Waals surface area contributed by atoms with Gasteiger partial charge in [0.15, 0.2) is 12.2 Å². The maximum Gasteiger partial charge on any atom is 0.225 e. The van der Waals surface area contributed by atoms with Gasteiger partial charge in [0, 0.05) is 30.5 Å². The van der Waals surface area contributed by atoms with Crippen LogP contribution in [0, 0.1) is 13.8 Å². The molecule has 2 nitrogen and oxygen atoms in total. The van der Waals surface area contributed by atoms with Gasteiger partial charge in [-0.05, 0) is 6.92 Å². The molecule has 2 aromatic heterocycles. The number of aryl methyl sites for hydroxylation is 4. The Hall–Kier alpha value is -0.450. The van der Waals surface area contributed by atoms with Crippen molar-refractivity contribution in [3.8, 4) is 0 Å². The maximum atomic E-state index is 5.79. The van der Waals surface area contributed by atoms with Crippen LogP contribution < -0.4 is 4.57 Å². The number of halogens is 1. The van der Waals surface area contributed by atoms with E-state index < -0.39 is 0 Å². The first-order chi connectivity index (χ1) is 8.22. The van der Waals surface area contributed by atoms with Crippen LogP contribution in [0.25, 0.3) is 0 Å². The fraction of sp³-hybridized carbons (Fsp3) is 0.500. The highest BCUT2D eigenvalue weighted by atomic mass is 35.5. The quantitative estimate of drug-likeness (QED) is 0.610. The molecule has 2 aromatic rings. The summed E-state index contributed by atoms with van der Waals surface area (Å²) in [5.74, 6) is 0.704. The third-order valence-electron chi connectivity index (χ3n) is 2.90. The second-order valence-electron chi connectivity index (χ2n) is 3.98. The molecule has 0 saturated heterocycles. The zero-order valence-electron chi connectivity index (χ0n) is 10.1. The summed E-state index contributed by atoms with van der Waals surface area (Å²) < 4.78 is 2.33. The molecular weight excluding hydrogens is 272 g/mol. The van der Waals surface area contributed by atoms with Crippen molar-refractivity contribution in [1.82, 2.24) is 4.98 Å². The minimum absolute atomic E-state index is 0.704. The predicted octanol–water partition coefficient (Wildman–Crippen LogP) is 3.13. The highest BCUT2D eigenvalue weighted by Crippen LogP contribution is 2.15. The number of thiazole rings is 2. The molecule has 5 heteroatoms. The van der Waals surface area contributed by atoms with E-state index in [-0.39, 0.29) is 0 Å². The van der Waals surface area contributed by atoms with E-state index in [1.54, 1.807) is 11.3 Å².